The molecular weight excluding hydrogens is 451 g/mol. The monoisotopic (exact) mass is 486 g/mol. The summed E-state index contributed by atoms with van der Waals surface area (Å²) in [7, 11) is 1.88. The minimum atomic E-state index is 0. The average Bonchev–Trinajstić information content (AvgIpc) is 3.39. The molecule has 1 unspecified atom stereocenters. The Morgan fingerprint density at radius 3 is 2.63 bits per heavy atom. The number of hydrogen-bond donors (Lipinski definition) is 1. The van der Waals surface area contributed by atoms with Gasteiger partial charge >= 0.3 is 0 Å². The molecule has 1 aliphatic carbocycles. The van der Waals surface area contributed by atoms with Crippen molar-refractivity contribution in [3.05, 3.63) is 29.8 Å². The Bertz CT molecular complexity index is 602. The first-order chi connectivity index (χ1) is 12.7. The van der Waals surface area contributed by atoms with Gasteiger partial charge in [-0.05, 0) is 44.3 Å². The third kappa shape index (κ3) is 6.24. The molecule has 0 amide bonds. The van der Waals surface area contributed by atoms with Crippen molar-refractivity contribution in [2.75, 3.05) is 39.8 Å². The van der Waals surface area contributed by atoms with Gasteiger partial charge in [-0.2, -0.15) is 0 Å². The van der Waals surface area contributed by atoms with E-state index in [1.165, 1.54) is 24.8 Å². The normalized spacial score (nSPS) is 19.9. The molecule has 1 saturated carbocycles. The highest BCUT2D eigenvalue weighted by Crippen LogP contribution is 2.30. The number of likely N-dealkylation sites (tertiary alicyclic amines) is 1. The summed E-state index contributed by atoms with van der Waals surface area (Å²) < 4.78 is 6.03. The van der Waals surface area contributed by atoms with Crippen LogP contribution in [0.2, 0.25) is 0 Å². The third-order valence-corrected chi connectivity index (χ3v) is 5.58. The van der Waals surface area contributed by atoms with Gasteiger partial charge in [-0.1, -0.05) is 32.0 Å². The molecule has 1 saturated heterocycles. The van der Waals surface area contributed by atoms with E-state index in [0.717, 1.165) is 57.0 Å². The van der Waals surface area contributed by atoms with Crippen molar-refractivity contribution in [3.8, 4) is 5.75 Å². The molecule has 2 fully saturated rings. The standard InChI is InChI=1S/C21H34N4O.HI/c1-4-24(5-2)19-12-13-25(15-19)21(22-3)23-14-18-8-6-7-9-20(18)26-16-17-10-11-17;/h6-9,17,19H,4-5,10-16H2,1-3H3,(H,22,23);1H. The van der Waals surface area contributed by atoms with Gasteiger partial charge in [0.2, 0.25) is 0 Å². The molecule has 1 heterocycles. The van der Waals surface area contributed by atoms with Crippen LogP contribution in [0.3, 0.4) is 0 Å². The molecule has 6 heteroatoms. The minimum absolute atomic E-state index is 0. The predicted octanol–water partition coefficient (Wildman–Crippen LogP) is 3.58. The Labute approximate surface area is 181 Å². The van der Waals surface area contributed by atoms with Crippen LogP contribution in [0.25, 0.3) is 0 Å². The number of nitrogens with zero attached hydrogens (tertiary/aromatic N) is 3. The summed E-state index contributed by atoms with van der Waals surface area (Å²) in [5.74, 6) is 2.77. The molecule has 5 nitrogen and oxygen atoms in total. The zero-order chi connectivity index (χ0) is 18.4. The van der Waals surface area contributed by atoms with E-state index in [0.29, 0.717) is 6.04 Å². The van der Waals surface area contributed by atoms with Crippen LogP contribution in [0, 0.1) is 5.92 Å². The van der Waals surface area contributed by atoms with E-state index in [2.05, 4.69) is 58.2 Å². The highest BCUT2D eigenvalue weighted by Gasteiger charge is 2.28. The van der Waals surface area contributed by atoms with Crippen molar-refractivity contribution in [1.82, 2.24) is 15.1 Å². The van der Waals surface area contributed by atoms with Crippen LogP contribution < -0.4 is 10.1 Å². The second-order valence-electron chi connectivity index (χ2n) is 7.37. The lowest BCUT2D eigenvalue weighted by atomic mass is 10.2. The Kier molecular flexibility index (Phi) is 9.15. The van der Waals surface area contributed by atoms with Gasteiger partial charge in [-0.15, -0.1) is 24.0 Å². The van der Waals surface area contributed by atoms with Gasteiger partial charge in [-0.25, -0.2) is 0 Å². The first-order valence-electron chi connectivity index (χ1n) is 10.2. The van der Waals surface area contributed by atoms with Gasteiger partial charge in [0.1, 0.15) is 5.75 Å². The van der Waals surface area contributed by atoms with Crippen molar-refractivity contribution >= 4 is 29.9 Å². The van der Waals surface area contributed by atoms with Crippen LogP contribution in [-0.4, -0.2) is 61.6 Å². The second-order valence-corrected chi connectivity index (χ2v) is 7.37. The number of benzene rings is 1. The number of para-hydroxylation sites is 1. The second kappa shape index (κ2) is 11.1. The van der Waals surface area contributed by atoms with Crippen molar-refractivity contribution in [2.45, 2.75) is 45.7 Å². The van der Waals surface area contributed by atoms with Gasteiger partial charge in [-0.3, -0.25) is 9.89 Å². The Morgan fingerprint density at radius 1 is 1.22 bits per heavy atom. The van der Waals surface area contributed by atoms with Gasteiger partial charge in [0, 0.05) is 38.3 Å². The molecule has 0 bridgehead atoms. The summed E-state index contributed by atoms with van der Waals surface area (Å²) in [6.07, 6.45) is 3.84. The summed E-state index contributed by atoms with van der Waals surface area (Å²) in [6, 6.07) is 8.99. The fraction of sp³-hybridized carbons (Fsp3) is 0.667. The number of likely N-dealkylation sites (N-methyl/N-ethyl adjacent to an activating group) is 1. The fourth-order valence-corrected chi connectivity index (χ4v) is 3.76. The van der Waals surface area contributed by atoms with E-state index in [9.17, 15) is 0 Å². The molecule has 1 atom stereocenters. The van der Waals surface area contributed by atoms with Crippen LogP contribution in [0.5, 0.6) is 5.75 Å². The van der Waals surface area contributed by atoms with Gasteiger partial charge < -0.3 is 15.0 Å². The Balaban J connectivity index is 0.00000261. The van der Waals surface area contributed by atoms with E-state index >= 15 is 0 Å². The molecule has 27 heavy (non-hydrogen) atoms. The average molecular weight is 486 g/mol. The molecule has 1 N–H and O–H groups in total. The number of aliphatic imine (C=N–C) groups is 1. The van der Waals surface area contributed by atoms with Crippen LogP contribution >= 0.6 is 24.0 Å². The Morgan fingerprint density at radius 2 is 1.96 bits per heavy atom. The smallest absolute Gasteiger partial charge is 0.193 e. The molecule has 1 aromatic rings. The van der Waals surface area contributed by atoms with E-state index < -0.39 is 0 Å². The van der Waals surface area contributed by atoms with Crippen molar-refractivity contribution in [1.29, 1.82) is 0 Å². The summed E-state index contributed by atoms with van der Waals surface area (Å²) in [5, 5.41) is 3.54. The highest BCUT2D eigenvalue weighted by molar-refractivity contribution is 14.0. The molecule has 0 aromatic heterocycles. The summed E-state index contributed by atoms with van der Waals surface area (Å²) >= 11 is 0. The minimum Gasteiger partial charge on any atom is -0.493 e. The molecule has 2 aliphatic rings. The van der Waals surface area contributed by atoms with Gasteiger partial charge in [0.15, 0.2) is 5.96 Å². The third-order valence-electron chi connectivity index (χ3n) is 5.58. The summed E-state index contributed by atoms with van der Waals surface area (Å²) in [6.45, 7) is 10.5. The summed E-state index contributed by atoms with van der Waals surface area (Å²) in [5.41, 5.74) is 1.20. The van der Waals surface area contributed by atoms with Gasteiger partial charge in [0.05, 0.1) is 6.61 Å². The van der Waals surface area contributed by atoms with E-state index in [1.54, 1.807) is 0 Å². The van der Waals surface area contributed by atoms with Crippen LogP contribution in [0.4, 0.5) is 0 Å². The molecule has 1 aromatic carbocycles. The SMILES string of the molecule is CCN(CC)C1CCN(C(=NC)NCc2ccccc2OCC2CC2)C1.I. The topological polar surface area (TPSA) is 40.1 Å². The molecule has 152 valence electrons. The number of ether oxygens (including phenoxy) is 1. The lowest BCUT2D eigenvalue weighted by molar-refractivity contribution is 0.223. The van der Waals surface area contributed by atoms with E-state index in [1.807, 2.05) is 7.05 Å². The zero-order valence-electron chi connectivity index (χ0n) is 17.0. The number of rotatable bonds is 8. The lowest BCUT2D eigenvalue weighted by Gasteiger charge is -2.27. The van der Waals surface area contributed by atoms with Crippen LogP contribution in [-0.2, 0) is 6.54 Å². The fourth-order valence-electron chi connectivity index (χ4n) is 3.76. The van der Waals surface area contributed by atoms with E-state index in [4.69, 9.17) is 4.74 Å². The van der Waals surface area contributed by atoms with Crippen LogP contribution in [0.1, 0.15) is 38.7 Å². The van der Waals surface area contributed by atoms with Gasteiger partial charge in [0.25, 0.3) is 0 Å². The number of guanidine groups is 1. The first-order valence-corrected chi connectivity index (χ1v) is 10.2. The number of halogens is 1. The molecule has 0 spiro atoms. The number of nitrogens with one attached hydrogen (secondary N) is 1. The van der Waals surface area contributed by atoms with Crippen molar-refractivity contribution < 1.29 is 4.74 Å². The molecular formula is C21H35IN4O. The van der Waals surface area contributed by atoms with E-state index in [-0.39, 0.29) is 24.0 Å². The lowest BCUT2D eigenvalue weighted by Crippen LogP contribution is -2.43. The highest BCUT2D eigenvalue weighted by atomic mass is 127. The maximum Gasteiger partial charge on any atom is 0.193 e. The van der Waals surface area contributed by atoms with Crippen LogP contribution in [0.15, 0.2) is 29.3 Å². The number of hydrogen-bond acceptors (Lipinski definition) is 3. The zero-order valence-corrected chi connectivity index (χ0v) is 19.3. The quantitative estimate of drug-likeness (QED) is 0.347. The molecule has 0 radical (unpaired) electrons. The van der Waals surface area contributed by atoms with Crippen molar-refractivity contribution in [3.63, 3.8) is 0 Å². The predicted molar refractivity (Wildman–Crippen MR) is 123 cm³/mol. The Hall–Kier alpha value is -1.02. The largest absolute Gasteiger partial charge is 0.493 e. The maximum atomic E-state index is 6.03. The van der Waals surface area contributed by atoms with Crippen molar-refractivity contribution in [2.24, 2.45) is 10.9 Å². The summed E-state index contributed by atoms with van der Waals surface area (Å²) in [4.78, 5) is 9.45. The molecule has 3 rings (SSSR count). The first kappa shape index (κ1) is 22.3. The maximum absolute atomic E-state index is 6.03. The molecule has 1 aliphatic heterocycles.